The molecule has 1 spiro atoms. The van der Waals surface area contributed by atoms with Crippen molar-refractivity contribution >= 4 is 61.6 Å². The van der Waals surface area contributed by atoms with Crippen LogP contribution in [0.1, 0.15) is 35.1 Å². The Balaban J connectivity index is 1.09. The number of hydrogen-bond donors (Lipinski definition) is 0. The highest BCUT2D eigenvalue weighted by Gasteiger charge is 2.53. The third kappa shape index (κ3) is 4.68. The molecule has 0 bridgehead atoms. The van der Waals surface area contributed by atoms with Gasteiger partial charge in [0.05, 0.1) is 5.41 Å². The number of rotatable bonds is 6. The normalized spacial score (nSPS) is 16.1. The highest BCUT2D eigenvalue weighted by atomic mass is 16.3. The molecule has 8 aromatic carbocycles. The lowest BCUT2D eigenvalue weighted by atomic mass is 9.69. The molecule has 0 saturated carbocycles. The number of fused-ring (bicyclic) bond motifs is 13. The standard InChI is InChI=1S/C55H38N2O/c1-4-17-37(18-5-1)56(38-19-6-2-7-20-38)40-23-16-24-41(35-40)57(39-21-8-3-9-22-39)42-31-32-44-43-25-10-13-28-48(43)55(51(44)36-42)49-29-14-11-27-47(49)53-50(55)34-33-46-45-26-12-15-30-52(45)58-54(46)53/h1-9,11-24,26-36H,10,25H2. The van der Waals surface area contributed by atoms with Crippen molar-refractivity contribution in [3.8, 4) is 11.1 Å². The zero-order chi connectivity index (χ0) is 38.2. The van der Waals surface area contributed by atoms with Crippen LogP contribution in [-0.4, -0.2) is 0 Å². The molecule has 1 unspecified atom stereocenters. The van der Waals surface area contributed by atoms with E-state index in [4.69, 9.17) is 4.42 Å². The van der Waals surface area contributed by atoms with Crippen molar-refractivity contribution in [3.05, 3.63) is 234 Å². The molecule has 0 N–H and O–H groups in total. The summed E-state index contributed by atoms with van der Waals surface area (Å²) in [6.45, 7) is 0. The van der Waals surface area contributed by atoms with Gasteiger partial charge in [-0.05, 0) is 125 Å². The lowest BCUT2D eigenvalue weighted by Crippen LogP contribution is -2.27. The Bertz CT molecular complexity index is 3080. The van der Waals surface area contributed by atoms with E-state index in [1.807, 2.05) is 0 Å². The van der Waals surface area contributed by atoms with E-state index in [1.165, 1.54) is 44.5 Å². The maximum absolute atomic E-state index is 6.80. The van der Waals surface area contributed by atoms with E-state index < -0.39 is 5.41 Å². The summed E-state index contributed by atoms with van der Waals surface area (Å²) in [5.41, 5.74) is 18.6. The molecule has 0 saturated heterocycles. The number of para-hydroxylation sites is 4. The van der Waals surface area contributed by atoms with Crippen molar-refractivity contribution in [2.45, 2.75) is 18.3 Å². The molecule has 0 amide bonds. The van der Waals surface area contributed by atoms with Gasteiger partial charge in [0.25, 0.3) is 0 Å². The summed E-state index contributed by atoms with van der Waals surface area (Å²) >= 11 is 0. The largest absolute Gasteiger partial charge is 0.455 e. The number of furan rings is 1. The maximum Gasteiger partial charge on any atom is 0.143 e. The Morgan fingerprint density at radius 3 is 1.76 bits per heavy atom. The Hall–Kier alpha value is -7.36. The van der Waals surface area contributed by atoms with E-state index in [9.17, 15) is 0 Å². The molecule has 3 aliphatic rings. The van der Waals surface area contributed by atoms with Crippen LogP contribution in [0, 0.1) is 0 Å². The molecule has 1 aromatic heterocycles. The number of hydrogen-bond acceptors (Lipinski definition) is 3. The highest BCUT2D eigenvalue weighted by Crippen LogP contribution is 2.65. The second-order valence-corrected chi connectivity index (χ2v) is 15.5. The molecule has 12 rings (SSSR count). The van der Waals surface area contributed by atoms with Crippen molar-refractivity contribution in [2.75, 3.05) is 9.80 Å². The van der Waals surface area contributed by atoms with Gasteiger partial charge in [0.1, 0.15) is 11.2 Å². The van der Waals surface area contributed by atoms with Gasteiger partial charge in [0, 0.05) is 50.5 Å². The first-order valence-corrected chi connectivity index (χ1v) is 20.2. The summed E-state index contributed by atoms with van der Waals surface area (Å²) in [6, 6.07) is 70.4. The minimum absolute atomic E-state index is 0.488. The van der Waals surface area contributed by atoms with E-state index in [0.29, 0.717) is 0 Å². The number of allylic oxidation sites excluding steroid dienone is 4. The smallest absolute Gasteiger partial charge is 0.143 e. The van der Waals surface area contributed by atoms with Gasteiger partial charge in [-0.25, -0.2) is 0 Å². The topological polar surface area (TPSA) is 19.6 Å². The summed E-state index contributed by atoms with van der Waals surface area (Å²) in [5.74, 6) is 0. The predicted octanol–water partition coefficient (Wildman–Crippen LogP) is 15.0. The van der Waals surface area contributed by atoms with E-state index in [1.54, 1.807) is 0 Å². The Labute approximate surface area is 338 Å². The number of anilines is 6. The molecule has 58 heavy (non-hydrogen) atoms. The molecule has 0 aliphatic heterocycles. The molecule has 0 radical (unpaired) electrons. The minimum atomic E-state index is -0.488. The molecule has 1 heterocycles. The van der Waals surface area contributed by atoms with Crippen LogP contribution in [0.3, 0.4) is 0 Å². The Morgan fingerprint density at radius 2 is 1.03 bits per heavy atom. The first kappa shape index (κ1) is 32.8. The quantitative estimate of drug-likeness (QED) is 0.169. The molecule has 9 aromatic rings. The van der Waals surface area contributed by atoms with Gasteiger partial charge in [-0.15, -0.1) is 0 Å². The Morgan fingerprint density at radius 1 is 0.431 bits per heavy atom. The summed E-state index contributed by atoms with van der Waals surface area (Å²) in [6.07, 6.45) is 6.85. The van der Waals surface area contributed by atoms with E-state index >= 15 is 0 Å². The molecule has 3 nitrogen and oxygen atoms in total. The molecular weight excluding hydrogens is 705 g/mol. The second kappa shape index (κ2) is 12.8. The van der Waals surface area contributed by atoms with Gasteiger partial charge in [-0.3, -0.25) is 0 Å². The second-order valence-electron chi connectivity index (χ2n) is 15.5. The van der Waals surface area contributed by atoms with Crippen molar-refractivity contribution in [1.82, 2.24) is 0 Å². The molecule has 274 valence electrons. The van der Waals surface area contributed by atoms with Gasteiger partial charge < -0.3 is 14.2 Å². The van der Waals surface area contributed by atoms with Crippen LogP contribution < -0.4 is 9.80 Å². The monoisotopic (exact) mass is 742 g/mol. The third-order valence-corrected chi connectivity index (χ3v) is 12.5. The molecule has 3 heteroatoms. The molecule has 0 fully saturated rings. The van der Waals surface area contributed by atoms with E-state index in [-0.39, 0.29) is 0 Å². The van der Waals surface area contributed by atoms with Gasteiger partial charge in [0.15, 0.2) is 0 Å². The van der Waals surface area contributed by atoms with E-state index in [0.717, 1.165) is 68.9 Å². The van der Waals surface area contributed by atoms with E-state index in [2.05, 4.69) is 216 Å². The first-order chi connectivity index (χ1) is 28.8. The van der Waals surface area contributed by atoms with Crippen molar-refractivity contribution in [3.63, 3.8) is 0 Å². The highest BCUT2D eigenvalue weighted by molar-refractivity contribution is 6.13. The van der Waals surface area contributed by atoms with Crippen LogP contribution in [0.25, 0.3) is 38.6 Å². The van der Waals surface area contributed by atoms with Crippen LogP contribution in [0.15, 0.2) is 216 Å². The van der Waals surface area contributed by atoms with Gasteiger partial charge in [0.2, 0.25) is 0 Å². The zero-order valence-electron chi connectivity index (χ0n) is 31.8. The average Bonchev–Trinajstić information content (AvgIpc) is 3.92. The summed E-state index contributed by atoms with van der Waals surface area (Å²) < 4.78 is 6.80. The van der Waals surface area contributed by atoms with Crippen molar-refractivity contribution in [2.24, 2.45) is 0 Å². The van der Waals surface area contributed by atoms with Crippen LogP contribution in [0.2, 0.25) is 0 Å². The van der Waals surface area contributed by atoms with Crippen LogP contribution in [-0.2, 0) is 5.41 Å². The number of nitrogens with zero attached hydrogens (tertiary/aromatic N) is 2. The fourth-order valence-electron chi connectivity index (χ4n) is 10.2. The molecule has 1 atom stereocenters. The summed E-state index contributed by atoms with van der Waals surface area (Å²) in [7, 11) is 0. The van der Waals surface area contributed by atoms with Crippen molar-refractivity contribution < 1.29 is 4.42 Å². The fraction of sp³-hybridized carbons (Fsp3) is 0.0545. The van der Waals surface area contributed by atoms with Gasteiger partial charge >= 0.3 is 0 Å². The average molecular weight is 743 g/mol. The summed E-state index contributed by atoms with van der Waals surface area (Å²) in [4.78, 5) is 4.75. The van der Waals surface area contributed by atoms with Crippen LogP contribution in [0.5, 0.6) is 0 Å². The minimum Gasteiger partial charge on any atom is -0.455 e. The van der Waals surface area contributed by atoms with Crippen molar-refractivity contribution in [1.29, 1.82) is 0 Å². The zero-order valence-corrected chi connectivity index (χ0v) is 31.8. The van der Waals surface area contributed by atoms with Gasteiger partial charge in [-0.2, -0.15) is 0 Å². The fourth-order valence-corrected chi connectivity index (χ4v) is 10.2. The molecular formula is C55H38N2O. The summed E-state index contributed by atoms with van der Waals surface area (Å²) in [5, 5.41) is 2.32. The molecule has 3 aliphatic carbocycles. The number of benzene rings is 8. The lowest BCUT2D eigenvalue weighted by molar-refractivity contribution is 0.669. The van der Waals surface area contributed by atoms with Crippen LogP contribution in [0.4, 0.5) is 34.1 Å². The Kier molecular flexibility index (Phi) is 7.27. The third-order valence-electron chi connectivity index (χ3n) is 12.5. The predicted molar refractivity (Wildman–Crippen MR) is 240 cm³/mol. The van der Waals surface area contributed by atoms with Crippen LogP contribution >= 0.6 is 0 Å². The lowest BCUT2D eigenvalue weighted by Gasteiger charge is -2.33. The maximum atomic E-state index is 6.80. The van der Waals surface area contributed by atoms with Gasteiger partial charge in [-0.1, -0.05) is 133 Å². The SMILES string of the molecule is C1=CC2=C(CC1)c1ccc(N(c3ccccc3)c3cccc(N(c4ccccc4)c4ccccc4)c3)cc1C21c2ccccc2-c2c1ccc1c2oc2ccccc21. The first-order valence-electron chi connectivity index (χ1n) is 20.2.